The number of nitrogens with one attached hydrogen (secondary N) is 1. The van der Waals surface area contributed by atoms with Crippen LogP contribution in [0.3, 0.4) is 0 Å². The van der Waals surface area contributed by atoms with E-state index in [0.717, 1.165) is 30.8 Å². The van der Waals surface area contributed by atoms with Gasteiger partial charge in [-0.05, 0) is 30.7 Å². The van der Waals surface area contributed by atoms with Gasteiger partial charge in [0.25, 0.3) is 0 Å². The van der Waals surface area contributed by atoms with Crippen LogP contribution in [0.5, 0.6) is 0 Å². The lowest BCUT2D eigenvalue weighted by molar-refractivity contribution is 0.0572. The predicted octanol–water partition coefficient (Wildman–Crippen LogP) is 1.38. The summed E-state index contributed by atoms with van der Waals surface area (Å²) >= 11 is 6.28. The molecule has 3 N–H and O–H groups in total. The molecule has 1 heterocycles. The molecule has 4 nitrogen and oxygen atoms in total. The first kappa shape index (κ1) is 14.6. The predicted molar refractivity (Wildman–Crippen MR) is 77.7 cm³/mol. The number of aliphatic hydroxyl groups is 2. The van der Waals surface area contributed by atoms with Crippen LogP contribution in [-0.2, 0) is 6.54 Å². The minimum atomic E-state index is -0.693. The van der Waals surface area contributed by atoms with Crippen LogP contribution >= 0.6 is 11.6 Å². The van der Waals surface area contributed by atoms with E-state index in [2.05, 4.69) is 12.2 Å². The van der Waals surface area contributed by atoms with Crippen LogP contribution in [0.25, 0.3) is 0 Å². The molecule has 106 valence electrons. The lowest BCUT2D eigenvalue weighted by Gasteiger charge is -2.19. The molecule has 1 aromatic carbocycles. The van der Waals surface area contributed by atoms with Crippen molar-refractivity contribution in [3.05, 3.63) is 28.8 Å². The molecule has 1 aromatic rings. The van der Waals surface area contributed by atoms with Crippen LogP contribution < -0.4 is 10.2 Å². The summed E-state index contributed by atoms with van der Waals surface area (Å²) in [5.41, 5.74) is 2.01. The standard InChI is InChI=1S/C14H21ClN2O2/c1-2-5-16-7-10-3-4-12(11(15)6-10)17-8-13(18)14(19)9-17/h3-4,6,13-14,16,18-19H,2,5,7-9H2,1H3. The van der Waals surface area contributed by atoms with Crippen molar-refractivity contribution in [1.82, 2.24) is 5.32 Å². The first-order valence-electron chi connectivity index (χ1n) is 6.72. The topological polar surface area (TPSA) is 55.7 Å². The number of rotatable bonds is 5. The minimum Gasteiger partial charge on any atom is -0.389 e. The van der Waals surface area contributed by atoms with Crippen LogP contribution in [-0.4, -0.2) is 42.1 Å². The Morgan fingerprint density at radius 3 is 2.58 bits per heavy atom. The highest BCUT2D eigenvalue weighted by atomic mass is 35.5. The van der Waals surface area contributed by atoms with Gasteiger partial charge in [0.05, 0.1) is 22.9 Å². The van der Waals surface area contributed by atoms with E-state index < -0.39 is 12.2 Å². The zero-order valence-electron chi connectivity index (χ0n) is 11.1. The molecule has 2 atom stereocenters. The molecule has 1 fully saturated rings. The minimum absolute atomic E-state index is 0.425. The number of anilines is 1. The maximum absolute atomic E-state index is 9.57. The van der Waals surface area contributed by atoms with Gasteiger partial charge in [0.2, 0.25) is 0 Å². The summed E-state index contributed by atoms with van der Waals surface area (Å²) in [7, 11) is 0. The van der Waals surface area contributed by atoms with Crippen LogP contribution in [0.4, 0.5) is 5.69 Å². The third kappa shape index (κ3) is 3.60. The number of hydrogen-bond acceptors (Lipinski definition) is 4. The van der Waals surface area contributed by atoms with Crippen molar-refractivity contribution < 1.29 is 10.2 Å². The van der Waals surface area contributed by atoms with Crippen molar-refractivity contribution in [1.29, 1.82) is 0 Å². The van der Waals surface area contributed by atoms with Crippen molar-refractivity contribution in [3.8, 4) is 0 Å². The molecule has 0 aromatic heterocycles. The Balaban J connectivity index is 2.03. The lowest BCUT2D eigenvalue weighted by Crippen LogP contribution is -2.22. The molecule has 0 amide bonds. The van der Waals surface area contributed by atoms with E-state index in [9.17, 15) is 10.2 Å². The Morgan fingerprint density at radius 2 is 2.00 bits per heavy atom. The van der Waals surface area contributed by atoms with Gasteiger partial charge in [-0.1, -0.05) is 24.6 Å². The molecular formula is C14H21ClN2O2. The SMILES string of the molecule is CCCNCc1ccc(N2CC(O)C(O)C2)c(Cl)c1. The first-order valence-corrected chi connectivity index (χ1v) is 7.10. The third-order valence-corrected chi connectivity index (χ3v) is 3.67. The van der Waals surface area contributed by atoms with Gasteiger partial charge in [0.1, 0.15) is 0 Å². The first-order chi connectivity index (χ1) is 9.11. The number of β-amino-alcohol motifs (C(OH)–C–C–N with tert-alkyl or cyclic N) is 2. The Kier molecular flexibility index (Phi) is 5.05. The molecule has 5 heteroatoms. The Hall–Kier alpha value is -0.810. The van der Waals surface area contributed by atoms with E-state index in [0.29, 0.717) is 18.1 Å². The lowest BCUT2D eigenvalue weighted by atomic mass is 10.2. The van der Waals surface area contributed by atoms with E-state index in [1.54, 1.807) is 0 Å². The molecule has 19 heavy (non-hydrogen) atoms. The zero-order valence-corrected chi connectivity index (χ0v) is 11.9. The average Bonchev–Trinajstić information content (AvgIpc) is 2.70. The van der Waals surface area contributed by atoms with Gasteiger partial charge >= 0.3 is 0 Å². The van der Waals surface area contributed by atoms with Crippen molar-refractivity contribution >= 4 is 17.3 Å². The Morgan fingerprint density at radius 1 is 1.32 bits per heavy atom. The molecule has 2 rings (SSSR count). The number of hydrogen-bond donors (Lipinski definition) is 3. The quantitative estimate of drug-likeness (QED) is 0.715. The summed E-state index contributed by atoms with van der Waals surface area (Å²) in [6.07, 6.45) is -0.279. The maximum Gasteiger partial charge on any atom is 0.0990 e. The molecule has 0 aliphatic carbocycles. The summed E-state index contributed by atoms with van der Waals surface area (Å²) in [6, 6.07) is 5.92. The van der Waals surface area contributed by atoms with Gasteiger partial charge in [0.15, 0.2) is 0 Å². The largest absolute Gasteiger partial charge is 0.389 e. The fourth-order valence-electron chi connectivity index (χ4n) is 2.29. The number of halogens is 1. The van der Waals surface area contributed by atoms with Gasteiger partial charge in [-0.3, -0.25) is 0 Å². The van der Waals surface area contributed by atoms with Gasteiger partial charge < -0.3 is 20.4 Å². The van der Waals surface area contributed by atoms with E-state index >= 15 is 0 Å². The molecule has 1 aliphatic rings. The fraction of sp³-hybridized carbons (Fsp3) is 0.571. The van der Waals surface area contributed by atoms with Gasteiger partial charge in [-0.2, -0.15) is 0 Å². The van der Waals surface area contributed by atoms with Crippen molar-refractivity contribution in [2.45, 2.75) is 32.1 Å². The second-order valence-electron chi connectivity index (χ2n) is 5.00. The smallest absolute Gasteiger partial charge is 0.0990 e. The van der Waals surface area contributed by atoms with Gasteiger partial charge in [-0.15, -0.1) is 0 Å². The normalized spacial score (nSPS) is 23.1. The highest BCUT2D eigenvalue weighted by molar-refractivity contribution is 6.33. The summed E-state index contributed by atoms with van der Waals surface area (Å²) in [5, 5.41) is 23.1. The van der Waals surface area contributed by atoms with E-state index in [1.165, 1.54) is 0 Å². The molecule has 0 bridgehead atoms. The second kappa shape index (κ2) is 6.57. The van der Waals surface area contributed by atoms with E-state index in [1.807, 2.05) is 23.1 Å². The number of nitrogens with zero attached hydrogens (tertiary/aromatic N) is 1. The van der Waals surface area contributed by atoms with Crippen molar-refractivity contribution in [2.75, 3.05) is 24.5 Å². The summed E-state index contributed by atoms with van der Waals surface area (Å²) in [6.45, 7) is 4.78. The molecule has 2 unspecified atom stereocenters. The summed E-state index contributed by atoms with van der Waals surface area (Å²) in [5.74, 6) is 0. The maximum atomic E-state index is 9.57. The Labute approximate surface area is 119 Å². The number of benzene rings is 1. The summed E-state index contributed by atoms with van der Waals surface area (Å²) < 4.78 is 0. The van der Waals surface area contributed by atoms with Crippen LogP contribution in [0, 0.1) is 0 Å². The van der Waals surface area contributed by atoms with Crippen LogP contribution in [0.2, 0.25) is 5.02 Å². The number of aliphatic hydroxyl groups excluding tert-OH is 2. The zero-order chi connectivity index (χ0) is 13.8. The van der Waals surface area contributed by atoms with Crippen LogP contribution in [0.1, 0.15) is 18.9 Å². The monoisotopic (exact) mass is 284 g/mol. The van der Waals surface area contributed by atoms with Crippen molar-refractivity contribution in [2.24, 2.45) is 0 Å². The van der Waals surface area contributed by atoms with Crippen molar-refractivity contribution in [3.63, 3.8) is 0 Å². The Bertz CT molecular complexity index is 418. The summed E-state index contributed by atoms with van der Waals surface area (Å²) in [4.78, 5) is 1.92. The molecule has 1 saturated heterocycles. The highest BCUT2D eigenvalue weighted by Gasteiger charge is 2.30. The van der Waals surface area contributed by atoms with E-state index in [4.69, 9.17) is 11.6 Å². The molecule has 1 aliphatic heterocycles. The van der Waals surface area contributed by atoms with Crippen LogP contribution in [0.15, 0.2) is 18.2 Å². The molecular weight excluding hydrogens is 264 g/mol. The molecule has 0 saturated carbocycles. The molecule has 0 radical (unpaired) electrons. The average molecular weight is 285 g/mol. The van der Waals surface area contributed by atoms with Gasteiger partial charge in [-0.25, -0.2) is 0 Å². The second-order valence-corrected chi connectivity index (χ2v) is 5.41. The molecule has 0 spiro atoms. The fourth-order valence-corrected chi connectivity index (χ4v) is 2.62. The van der Waals surface area contributed by atoms with E-state index in [-0.39, 0.29) is 0 Å². The third-order valence-electron chi connectivity index (χ3n) is 3.37. The highest BCUT2D eigenvalue weighted by Crippen LogP contribution is 2.29. The van der Waals surface area contributed by atoms with Gasteiger partial charge in [0, 0.05) is 19.6 Å².